The highest BCUT2D eigenvalue weighted by Gasteiger charge is 2.11. The summed E-state index contributed by atoms with van der Waals surface area (Å²) in [6, 6.07) is 6.13. The van der Waals surface area contributed by atoms with E-state index in [2.05, 4.69) is 38.3 Å². The Morgan fingerprint density at radius 2 is 2.12 bits per heavy atom. The molecule has 0 unspecified atom stereocenters. The first kappa shape index (κ1) is 11.9. The third-order valence-electron chi connectivity index (χ3n) is 2.86. The summed E-state index contributed by atoms with van der Waals surface area (Å²) in [5.74, 6) is 0.924. The third kappa shape index (κ3) is 2.97. The summed E-state index contributed by atoms with van der Waals surface area (Å²) in [6.07, 6.45) is 0. The minimum Gasteiger partial charge on any atom is -0.497 e. The monoisotopic (exact) mass is 284 g/mol. The molecule has 88 valence electrons. The van der Waals surface area contributed by atoms with E-state index in [-0.39, 0.29) is 0 Å². The van der Waals surface area contributed by atoms with Crippen molar-refractivity contribution in [1.82, 2.24) is 10.2 Å². The van der Waals surface area contributed by atoms with Crippen molar-refractivity contribution in [3.63, 3.8) is 0 Å². The van der Waals surface area contributed by atoms with Crippen molar-refractivity contribution in [1.29, 1.82) is 0 Å². The van der Waals surface area contributed by atoms with Crippen molar-refractivity contribution in [3.8, 4) is 5.75 Å². The Kier molecular flexibility index (Phi) is 4.21. The smallest absolute Gasteiger partial charge is 0.119 e. The van der Waals surface area contributed by atoms with Gasteiger partial charge < -0.3 is 10.1 Å². The Morgan fingerprint density at radius 3 is 2.81 bits per heavy atom. The van der Waals surface area contributed by atoms with Gasteiger partial charge >= 0.3 is 0 Å². The van der Waals surface area contributed by atoms with E-state index in [4.69, 9.17) is 4.74 Å². The fraction of sp³-hybridized carbons (Fsp3) is 0.500. The zero-order chi connectivity index (χ0) is 11.4. The predicted octanol–water partition coefficient (Wildman–Crippen LogP) is 1.86. The molecule has 1 fully saturated rings. The van der Waals surface area contributed by atoms with Crippen LogP contribution in [0.2, 0.25) is 0 Å². The van der Waals surface area contributed by atoms with Crippen molar-refractivity contribution in [2.24, 2.45) is 0 Å². The van der Waals surface area contributed by atoms with Crippen LogP contribution in [-0.2, 0) is 6.54 Å². The van der Waals surface area contributed by atoms with Crippen LogP contribution in [0.15, 0.2) is 22.7 Å². The minimum atomic E-state index is 0.924. The molecule has 3 nitrogen and oxygen atoms in total. The summed E-state index contributed by atoms with van der Waals surface area (Å²) >= 11 is 3.59. The SMILES string of the molecule is COc1ccc(Br)c(CN2CCNCC2)c1. The number of benzene rings is 1. The summed E-state index contributed by atoms with van der Waals surface area (Å²) < 4.78 is 6.41. The number of methoxy groups -OCH3 is 1. The molecule has 0 radical (unpaired) electrons. The zero-order valence-corrected chi connectivity index (χ0v) is 11.1. The second kappa shape index (κ2) is 5.66. The average molecular weight is 285 g/mol. The maximum absolute atomic E-state index is 5.25. The van der Waals surface area contributed by atoms with Crippen molar-refractivity contribution in [3.05, 3.63) is 28.2 Å². The number of rotatable bonds is 3. The topological polar surface area (TPSA) is 24.5 Å². The summed E-state index contributed by atoms with van der Waals surface area (Å²) in [5.41, 5.74) is 1.29. The fourth-order valence-electron chi connectivity index (χ4n) is 1.91. The molecule has 1 aliphatic rings. The van der Waals surface area contributed by atoms with Gasteiger partial charge in [0.1, 0.15) is 5.75 Å². The molecule has 0 atom stereocenters. The Hall–Kier alpha value is -0.580. The lowest BCUT2D eigenvalue weighted by Crippen LogP contribution is -2.42. The zero-order valence-electron chi connectivity index (χ0n) is 9.50. The van der Waals surface area contributed by atoms with Gasteiger partial charge in [-0.2, -0.15) is 0 Å². The highest BCUT2D eigenvalue weighted by atomic mass is 79.9. The van der Waals surface area contributed by atoms with Crippen LogP contribution in [0.1, 0.15) is 5.56 Å². The standard InChI is InChI=1S/C12H17BrN2O/c1-16-11-2-3-12(13)10(8-11)9-15-6-4-14-5-7-15/h2-3,8,14H,4-7,9H2,1H3. The van der Waals surface area contributed by atoms with Crippen LogP contribution >= 0.6 is 15.9 Å². The van der Waals surface area contributed by atoms with E-state index < -0.39 is 0 Å². The van der Waals surface area contributed by atoms with Gasteiger partial charge in [-0.3, -0.25) is 4.90 Å². The van der Waals surface area contributed by atoms with Gasteiger partial charge in [0.05, 0.1) is 7.11 Å². The highest BCUT2D eigenvalue weighted by molar-refractivity contribution is 9.10. The average Bonchev–Trinajstić information content (AvgIpc) is 2.33. The first-order chi connectivity index (χ1) is 7.79. The van der Waals surface area contributed by atoms with Gasteiger partial charge in [-0.25, -0.2) is 0 Å². The molecule has 16 heavy (non-hydrogen) atoms. The van der Waals surface area contributed by atoms with E-state index in [1.807, 2.05) is 6.07 Å². The minimum absolute atomic E-state index is 0.924. The molecule has 0 saturated carbocycles. The Balaban J connectivity index is 2.06. The molecule has 2 rings (SSSR count). The van der Waals surface area contributed by atoms with Crippen LogP contribution in [0.5, 0.6) is 5.75 Å². The van der Waals surface area contributed by atoms with E-state index in [1.54, 1.807) is 7.11 Å². The first-order valence-electron chi connectivity index (χ1n) is 5.55. The molecule has 1 heterocycles. The van der Waals surface area contributed by atoms with Crippen LogP contribution in [0.25, 0.3) is 0 Å². The summed E-state index contributed by atoms with van der Waals surface area (Å²) in [7, 11) is 1.71. The van der Waals surface area contributed by atoms with Crippen molar-refractivity contribution in [2.75, 3.05) is 33.3 Å². The number of hydrogen-bond acceptors (Lipinski definition) is 3. The van der Waals surface area contributed by atoms with Gasteiger partial charge in [-0.05, 0) is 23.8 Å². The summed E-state index contributed by atoms with van der Waals surface area (Å²) in [5, 5.41) is 3.36. The molecular formula is C12H17BrN2O. The number of halogens is 1. The highest BCUT2D eigenvalue weighted by Crippen LogP contribution is 2.23. The molecule has 1 aliphatic heterocycles. The fourth-order valence-corrected chi connectivity index (χ4v) is 2.28. The molecule has 1 N–H and O–H groups in total. The van der Waals surface area contributed by atoms with Crippen molar-refractivity contribution >= 4 is 15.9 Å². The summed E-state index contributed by atoms with van der Waals surface area (Å²) in [4.78, 5) is 2.45. The van der Waals surface area contributed by atoms with Crippen molar-refractivity contribution < 1.29 is 4.74 Å². The van der Waals surface area contributed by atoms with Crippen LogP contribution in [0.3, 0.4) is 0 Å². The number of nitrogens with one attached hydrogen (secondary N) is 1. The molecule has 0 spiro atoms. The molecule has 1 aromatic rings. The second-order valence-electron chi connectivity index (χ2n) is 3.98. The van der Waals surface area contributed by atoms with Gasteiger partial charge in [-0.1, -0.05) is 15.9 Å². The Morgan fingerprint density at radius 1 is 1.38 bits per heavy atom. The lowest BCUT2D eigenvalue weighted by atomic mass is 10.2. The molecule has 4 heteroatoms. The molecule has 0 bridgehead atoms. The number of hydrogen-bond donors (Lipinski definition) is 1. The van der Waals surface area contributed by atoms with E-state index in [0.717, 1.165) is 42.9 Å². The van der Waals surface area contributed by atoms with Crippen molar-refractivity contribution in [2.45, 2.75) is 6.54 Å². The molecular weight excluding hydrogens is 268 g/mol. The molecule has 0 aliphatic carbocycles. The summed E-state index contributed by atoms with van der Waals surface area (Å²) in [6.45, 7) is 5.38. The van der Waals surface area contributed by atoms with E-state index in [1.165, 1.54) is 5.56 Å². The maximum Gasteiger partial charge on any atom is 0.119 e. The molecule has 0 amide bonds. The first-order valence-corrected chi connectivity index (χ1v) is 6.34. The quantitative estimate of drug-likeness (QED) is 0.917. The number of piperazine rings is 1. The third-order valence-corrected chi connectivity index (χ3v) is 3.63. The van der Waals surface area contributed by atoms with E-state index in [9.17, 15) is 0 Å². The number of nitrogens with zero attached hydrogens (tertiary/aromatic N) is 1. The van der Waals surface area contributed by atoms with Crippen LogP contribution in [-0.4, -0.2) is 38.2 Å². The van der Waals surface area contributed by atoms with Gasteiger partial charge in [0.2, 0.25) is 0 Å². The second-order valence-corrected chi connectivity index (χ2v) is 4.84. The molecule has 1 aromatic carbocycles. The predicted molar refractivity (Wildman–Crippen MR) is 68.8 cm³/mol. The maximum atomic E-state index is 5.25. The van der Waals surface area contributed by atoms with Gasteiger partial charge in [0.25, 0.3) is 0 Å². The number of ether oxygens (including phenoxy) is 1. The van der Waals surface area contributed by atoms with Crippen LogP contribution in [0, 0.1) is 0 Å². The van der Waals surface area contributed by atoms with E-state index in [0.29, 0.717) is 0 Å². The van der Waals surface area contributed by atoms with Gasteiger partial charge in [0.15, 0.2) is 0 Å². The van der Waals surface area contributed by atoms with Crippen LogP contribution < -0.4 is 10.1 Å². The van der Waals surface area contributed by atoms with Crippen LogP contribution in [0.4, 0.5) is 0 Å². The molecule has 1 saturated heterocycles. The molecule has 0 aromatic heterocycles. The lowest BCUT2D eigenvalue weighted by Gasteiger charge is -2.27. The van der Waals surface area contributed by atoms with E-state index >= 15 is 0 Å². The van der Waals surface area contributed by atoms with Gasteiger partial charge in [-0.15, -0.1) is 0 Å². The normalized spacial score (nSPS) is 17.4. The Labute approximate surface area is 105 Å². The lowest BCUT2D eigenvalue weighted by molar-refractivity contribution is 0.232. The van der Waals surface area contributed by atoms with Gasteiger partial charge in [0, 0.05) is 37.2 Å². The Bertz CT molecular complexity index is 351. The largest absolute Gasteiger partial charge is 0.497 e.